The van der Waals surface area contributed by atoms with Gasteiger partial charge in [-0.3, -0.25) is 14.0 Å². The summed E-state index contributed by atoms with van der Waals surface area (Å²) in [5.74, 6) is 0.134. The van der Waals surface area contributed by atoms with Gasteiger partial charge in [-0.25, -0.2) is 8.42 Å². The lowest BCUT2D eigenvalue weighted by Gasteiger charge is -2.26. The van der Waals surface area contributed by atoms with E-state index in [0.29, 0.717) is 18.0 Å². The van der Waals surface area contributed by atoms with E-state index in [1.54, 1.807) is 24.3 Å². The molecule has 8 nitrogen and oxygen atoms in total. The molecule has 1 aliphatic heterocycles. The minimum atomic E-state index is -3.64. The maximum absolute atomic E-state index is 12.5. The molecular weight excluding hydrogens is 418 g/mol. The highest BCUT2D eigenvalue weighted by atomic mass is 32.2. The highest BCUT2D eigenvalue weighted by molar-refractivity contribution is 7.92. The molecule has 0 radical (unpaired) electrons. The smallest absolute Gasteiger partial charge is 0.241 e. The first-order valence-corrected chi connectivity index (χ1v) is 12.0. The Labute approximate surface area is 183 Å². The molecule has 2 aromatic rings. The van der Waals surface area contributed by atoms with E-state index in [4.69, 9.17) is 9.47 Å². The number of sulfonamides is 1. The number of anilines is 1. The highest BCUT2D eigenvalue weighted by Gasteiger charge is 2.21. The van der Waals surface area contributed by atoms with Crippen molar-refractivity contribution in [2.45, 2.75) is 13.1 Å². The number of morpholine rings is 1. The summed E-state index contributed by atoms with van der Waals surface area (Å²) in [6.07, 6.45) is 1.08. The number of hydrogen-bond acceptors (Lipinski definition) is 6. The van der Waals surface area contributed by atoms with E-state index in [0.717, 1.165) is 49.0 Å². The Bertz CT molecular complexity index is 973. The zero-order valence-electron chi connectivity index (χ0n) is 17.9. The molecule has 3 rings (SSSR count). The highest BCUT2D eigenvalue weighted by Crippen LogP contribution is 2.22. The molecule has 9 heteroatoms. The summed E-state index contributed by atoms with van der Waals surface area (Å²) in [6.45, 7) is 4.30. The van der Waals surface area contributed by atoms with Crippen molar-refractivity contribution in [2.75, 3.05) is 50.5 Å². The number of carbonyl (C=O) groups is 1. The third kappa shape index (κ3) is 6.95. The van der Waals surface area contributed by atoms with E-state index >= 15 is 0 Å². The number of nitrogens with zero attached hydrogens (tertiary/aromatic N) is 2. The largest absolute Gasteiger partial charge is 0.497 e. The first kappa shape index (κ1) is 23.1. The van der Waals surface area contributed by atoms with E-state index < -0.39 is 10.0 Å². The fourth-order valence-electron chi connectivity index (χ4n) is 3.33. The molecule has 1 aliphatic rings. The monoisotopic (exact) mass is 447 g/mol. The summed E-state index contributed by atoms with van der Waals surface area (Å²) in [6, 6.07) is 14.7. The summed E-state index contributed by atoms with van der Waals surface area (Å²) in [4.78, 5) is 14.8. The van der Waals surface area contributed by atoms with Crippen LogP contribution < -0.4 is 14.4 Å². The second-order valence-corrected chi connectivity index (χ2v) is 9.36. The van der Waals surface area contributed by atoms with Crippen molar-refractivity contribution in [1.29, 1.82) is 0 Å². The number of rotatable bonds is 9. The second-order valence-electron chi connectivity index (χ2n) is 7.45. The molecular formula is C22H29N3O5S. The summed E-state index contributed by atoms with van der Waals surface area (Å²) >= 11 is 0. The van der Waals surface area contributed by atoms with Crippen LogP contribution in [0.1, 0.15) is 11.1 Å². The topological polar surface area (TPSA) is 88.2 Å². The van der Waals surface area contributed by atoms with Gasteiger partial charge < -0.3 is 14.8 Å². The van der Waals surface area contributed by atoms with E-state index in [2.05, 4.69) is 22.3 Å². The van der Waals surface area contributed by atoms with Crippen LogP contribution in [0.25, 0.3) is 0 Å². The van der Waals surface area contributed by atoms with E-state index in [1.807, 2.05) is 12.1 Å². The van der Waals surface area contributed by atoms with E-state index in [-0.39, 0.29) is 12.5 Å². The number of hydrogen-bond donors (Lipinski definition) is 1. The lowest BCUT2D eigenvalue weighted by Crippen LogP contribution is -2.40. The third-order valence-electron chi connectivity index (χ3n) is 5.05. The predicted octanol–water partition coefficient (Wildman–Crippen LogP) is 1.61. The Hall–Kier alpha value is -2.62. The van der Waals surface area contributed by atoms with Crippen molar-refractivity contribution in [3.8, 4) is 5.75 Å². The van der Waals surface area contributed by atoms with Gasteiger partial charge in [-0.1, -0.05) is 30.3 Å². The van der Waals surface area contributed by atoms with Crippen LogP contribution in [0.3, 0.4) is 0 Å². The van der Waals surface area contributed by atoms with Crippen LogP contribution in [0.5, 0.6) is 5.75 Å². The molecule has 0 spiro atoms. The van der Waals surface area contributed by atoms with Gasteiger partial charge in [-0.2, -0.15) is 0 Å². The molecule has 1 saturated heterocycles. The van der Waals surface area contributed by atoms with Crippen molar-refractivity contribution in [2.24, 2.45) is 0 Å². The van der Waals surface area contributed by atoms with Crippen LogP contribution in [0.15, 0.2) is 48.5 Å². The number of benzene rings is 2. The maximum Gasteiger partial charge on any atom is 0.241 e. The minimum absolute atomic E-state index is 0.304. The van der Waals surface area contributed by atoms with Crippen molar-refractivity contribution >= 4 is 21.6 Å². The number of nitrogens with one attached hydrogen (secondary N) is 1. The summed E-state index contributed by atoms with van der Waals surface area (Å²) in [5.41, 5.74) is 2.54. The summed E-state index contributed by atoms with van der Waals surface area (Å²) in [5, 5.41) is 2.80. The molecule has 1 amide bonds. The number of methoxy groups -OCH3 is 1. The van der Waals surface area contributed by atoms with Crippen LogP contribution in [0, 0.1) is 0 Å². The molecule has 2 aromatic carbocycles. The molecule has 1 N–H and O–H groups in total. The zero-order chi connectivity index (χ0) is 22.3. The standard InChI is InChI=1S/C22H29N3O5S/c1-29-21-5-3-4-20(14-21)25(31(2,27)28)17-22(26)23-15-18-6-8-19(9-7-18)16-24-10-12-30-13-11-24/h3-9,14H,10-13,15-17H2,1-2H3,(H,23,26). The number of amides is 1. The van der Waals surface area contributed by atoms with Gasteiger partial charge in [0.25, 0.3) is 0 Å². The first-order valence-electron chi connectivity index (χ1n) is 10.1. The van der Waals surface area contributed by atoms with Gasteiger partial charge in [0.1, 0.15) is 12.3 Å². The Morgan fingerprint density at radius 3 is 2.45 bits per heavy atom. The Balaban J connectivity index is 1.56. The van der Waals surface area contributed by atoms with Gasteiger partial charge in [0.15, 0.2) is 0 Å². The third-order valence-corrected chi connectivity index (χ3v) is 6.19. The number of ether oxygens (including phenoxy) is 2. The van der Waals surface area contributed by atoms with Crippen LogP contribution in [-0.2, 0) is 32.6 Å². The first-order chi connectivity index (χ1) is 14.8. The van der Waals surface area contributed by atoms with Crippen LogP contribution >= 0.6 is 0 Å². The molecule has 0 saturated carbocycles. The molecule has 31 heavy (non-hydrogen) atoms. The summed E-state index contributed by atoms with van der Waals surface area (Å²) in [7, 11) is -2.13. The quantitative estimate of drug-likeness (QED) is 0.628. The van der Waals surface area contributed by atoms with Gasteiger partial charge in [-0.15, -0.1) is 0 Å². The second kappa shape index (κ2) is 10.6. The Morgan fingerprint density at radius 1 is 1.13 bits per heavy atom. The molecule has 0 aliphatic carbocycles. The lowest BCUT2D eigenvalue weighted by molar-refractivity contribution is -0.119. The van der Waals surface area contributed by atoms with Crippen LogP contribution in [0.2, 0.25) is 0 Å². The van der Waals surface area contributed by atoms with Crippen molar-refractivity contribution in [1.82, 2.24) is 10.2 Å². The van der Waals surface area contributed by atoms with Crippen LogP contribution in [0.4, 0.5) is 5.69 Å². The minimum Gasteiger partial charge on any atom is -0.497 e. The maximum atomic E-state index is 12.5. The fourth-order valence-corrected chi connectivity index (χ4v) is 4.18. The van der Waals surface area contributed by atoms with Gasteiger partial charge in [0.05, 0.1) is 32.3 Å². The fraction of sp³-hybridized carbons (Fsp3) is 0.409. The summed E-state index contributed by atoms with van der Waals surface area (Å²) < 4.78 is 36.1. The van der Waals surface area contributed by atoms with Gasteiger partial charge in [0, 0.05) is 32.2 Å². The average molecular weight is 448 g/mol. The molecule has 1 heterocycles. The lowest BCUT2D eigenvalue weighted by atomic mass is 10.1. The molecule has 1 fully saturated rings. The van der Waals surface area contributed by atoms with Gasteiger partial charge in [0.2, 0.25) is 15.9 Å². The van der Waals surface area contributed by atoms with Crippen molar-refractivity contribution < 1.29 is 22.7 Å². The van der Waals surface area contributed by atoms with E-state index in [9.17, 15) is 13.2 Å². The van der Waals surface area contributed by atoms with Gasteiger partial charge >= 0.3 is 0 Å². The number of carbonyl (C=O) groups excluding carboxylic acids is 1. The molecule has 0 bridgehead atoms. The van der Waals surface area contributed by atoms with Crippen LogP contribution in [-0.4, -0.2) is 65.4 Å². The van der Waals surface area contributed by atoms with Gasteiger partial charge in [-0.05, 0) is 23.3 Å². The Kier molecular flexibility index (Phi) is 7.89. The average Bonchev–Trinajstić information content (AvgIpc) is 2.77. The molecule has 0 unspecified atom stereocenters. The molecule has 168 valence electrons. The Morgan fingerprint density at radius 2 is 1.81 bits per heavy atom. The molecule has 0 atom stereocenters. The van der Waals surface area contributed by atoms with Crippen molar-refractivity contribution in [3.05, 3.63) is 59.7 Å². The zero-order valence-corrected chi connectivity index (χ0v) is 18.7. The normalized spacial score (nSPS) is 14.8. The van der Waals surface area contributed by atoms with Crippen molar-refractivity contribution in [3.63, 3.8) is 0 Å². The molecule has 0 aromatic heterocycles. The van der Waals surface area contributed by atoms with E-state index in [1.165, 1.54) is 12.7 Å². The predicted molar refractivity (Wildman–Crippen MR) is 120 cm³/mol. The SMILES string of the molecule is COc1cccc(N(CC(=O)NCc2ccc(CN3CCOCC3)cc2)S(C)(=O)=O)c1.